The molecule has 2 atom stereocenters. The van der Waals surface area contributed by atoms with Gasteiger partial charge in [0.05, 0.1) is 0 Å². The molecule has 0 saturated heterocycles. The van der Waals surface area contributed by atoms with Gasteiger partial charge in [-0.25, -0.2) is 0 Å². The highest BCUT2D eigenvalue weighted by Gasteiger charge is 2.32. The Morgan fingerprint density at radius 3 is 2.29 bits per heavy atom. The molecule has 1 amide bonds. The normalized spacial score (nSPS) is 17.2. The van der Waals surface area contributed by atoms with Crippen LogP contribution in [-0.4, -0.2) is 42.5 Å². The number of nitrogens with one attached hydrogen (secondary N) is 1. The summed E-state index contributed by atoms with van der Waals surface area (Å²) < 4.78 is 0. The summed E-state index contributed by atoms with van der Waals surface area (Å²) in [5.41, 5.74) is 4.83. The van der Waals surface area contributed by atoms with Crippen LogP contribution in [0, 0.1) is 5.92 Å². The van der Waals surface area contributed by atoms with Gasteiger partial charge in [0.15, 0.2) is 0 Å². The molecule has 0 heterocycles. The topological polar surface area (TPSA) is 58.4 Å². The first-order chi connectivity index (χ1) is 7.73. The molecular weight excluding hydrogens is 214 g/mol. The molecule has 0 fully saturated rings. The molecule has 3 N–H and O–H groups in total. The zero-order valence-electron chi connectivity index (χ0n) is 12.2. The van der Waals surface area contributed by atoms with Crippen molar-refractivity contribution in [2.45, 2.75) is 52.6 Å². The van der Waals surface area contributed by atoms with Gasteiger partial charge in [-0.3, -0.25) is 4.79 Å². The maximum Gasteiger partial charge on any atom is 0.238 e. The smallest absolute Gasteiger partial charge is 0.238 e. The summed E-state index contributed by atoms with van der Waals surface area (Å²) in [5.74, 6) is 0.370. The van der Waals surface area contributed by atoms with Crippen LogP contribution in [0.5, 0.6) is 0 Å². The van der Waals surface area contributed by atoms with Crippen LogP contribution in [-0.2, 0) is 4.79 Å². The molecule has 0 aromatic heterocycles. The van der Waals surface area contributed by atoms with Crippen molar-refractivity contribution in [2.24, 2.45) is 11.7 Å². The molecule has 17 heavy (non-hydrogen) atoms. The van der Waals surface area contributed by atoms with E-state index in [0.29, 0.717) is 18.5 Å². The molecule has 0 rings (SSSR count). The molecular formula is C13H29N3O. The standard InChI is InChI=1S/C13H29N3O/c1-7-15-13(5,12(14)17)9-16(6)11(4)8-10(2)3/h10-11,15H,7-9H2,1-6H3,(H2,14,17). The fraction of sp³-hybridized carbons (Fsp3) is 0.923. The third-order valence-corrected chi connectivity index (χ3v) is 3.24. The highest BCUT2D eigenvalue weighted by molar-refractivity contribution is 5.84. The van der Waals surface area contributed by atoms with Crippen molar-refractivity contribution in [3.63, 3.8) is 0 Å². The molecule has 0 aromatic rings. The van der Waals surface area contributed by atoms with E-state index in [0.717, 1.165) is 13.0 Å². The van der Waals surface area contributed by atoms with Crippen LogP contribution in [0.4, 0.5) is 0 Å². The third kappa shape index (κ3) is 5.50. The highest BCUT2D eigenvalue weighted by Crippen LogP contribution is 2.13. The molecule has 102 valence electrons. The monoisotopic (exact) mass is 243 g/mol. The Balaban J connectivity index is 4.50. The van der Waals surface area contributed by atoms with Crippen molar-refractivity contribution < 1.29 is 4.79 Å². The van der Waals surface area contributed by atoms with E-state index >= 15 is 0 Å². The van der Waals surface area contributed by atoms with Gasteiger partial charge in [-0.2, -0.15) is 0 Å². The second kappa shape index (κ2) is 6.97. The minimum atomic E-state index is -0.644. The molecule has 4 heteroatoms. The maximum absolute atomic E-state index is 11.5. The van der Waals surface area contributed by atoms with Crippen LogP contribution in [0.25, 0.3) is 0 Å². The second-order valence-electron chi connectivity index (χ2n) is 5.62. The van der Waals surface area contributed by atoms with Crippen LogP contribution in [0.15, 0.2) is 0 Å². The van der Waals surface area contributed by atoms with Gasteiger partial charge in [0.1, 0.15) is 5.54 Å². The highest BCUT2D eigenvalue weighted by atomic mass is 16.1. The van der Waals surface area contributed by atoms with Crippen molar-refractivity contribution >= 4 is 5.91 Å². The Morgan fingerprint density at radius 2 is 1.94 bits per heavy atom. The Hall–Kier alpha value is -0.610. The molecule has 0 spiro atoms. The van der Waals surface area contributed by atoms with E-state index in [1.54, 1.807) is 0 Å². The van der Waals surface area contributed by atoms with Crippen LogP contribution >= 0.6 is 0 Å². The summed E-state index contributed by atoms with van der Waals surface area (Å²) in [6.45, 7) is 11.9. The number of nitrogens with two attached hydrogens (primary N) is 1. The fourth-order valence-corrected chi connectivity index (χ4v) is 2.13. The van der Waals surface area contributed by atoms with Gasteiger partial charge in [0.25, 0.3) is 0 Å². The van der Waals surface area contributed by atoms with Crippen LogP contribution in [0.1, 0.15) is 41.0 Å². The van der Waals surface area contributed by atoms with Gasteiger partial charge in [0.2, 0.25) is 5.91 Å². The first kappa shape index (κ1) is 16.4. The average molecular weight is 243 g/mol. The van der Waals surface area contributed by atoms with Crippen molar-refractivity contribution in [2.75, 3.05) is 20.1 Å². The number of nitrogens with zero attached hydrogens (tertiary/aromatic N) is 1. The van der Waals surface area contributed by atoms with E-state index in [4.69, 9.17) is 5.73 Å². The summed E-state index contributed by atoms with van der Waals surface area (Å²) in [6, 6.07) is 0.451. The minimum absolute atomic E-state index is 0.289. The fourth-order valence-electron chi connectivity index (χ4n) is 2.13. The van der Waals surface area contributed by atoms with E-state index < -0.39 is 5.54 Å². The SMILES string of the molecule is CCNC(C)(CN(C)C(C)CC(C)C)C(N)=O. The summed E-state index contributed by atoms with van der Waals surface area (Å²) in [5, 5.41) is 3.18. The number of rotatable bonds is 8. The van der Waals surface area contributed by atoms with Crippen LogP contribution < -0.4 is 11.1 Å². The lowest BCUT2D eigenvalue weighted by Gasteiger charge is -2.35. The van der Waals surface area contributed by atoms with Crippen molar-refractivity contribution in [3.8, 4) is 0 Å². The van der Waals surface area contributed by atoms with Crippen molar-refractivity contribution in [1.29, 1.82) is 0 Å². The summed E-state index contributed by atoms with van der Waals surface area (Å²) in [4.78, 5) is 13.7. The summed E-state index contributed by atoms with van der Waals surface area (Å²) >= 11 is 0. The maximum atomic E-state index is 11.5. The Kier molecular flexibility index (Phi) is 6.72. The van der Waals surface area contributed by atoms with Crippen molar-refractivity contribution in [3.05, 3.63) is 0 Å². The molecule has 0 bridgehead atoms. The lowest BCUT2D eigenvalue weighted by atomic mass is 9.98. The van der Waals surface area contributed by atoms with Crippen LogP contribution in [0.3, 0.4) is 0 Å². The van der Waals surface area contributed by atoms with E-state index in [1.165, 1.54) is 0 Å². The van der Waals surface area contributed by atoms with Crippen LogP contribution in [0.2, 0.25) is 0 Å². The molecule has 0 aliphatic heterocycles. The first-order valence-corrected chi connectivity index (χ1v) is 6.48. The van der Waals surface area contributed by atoms with E-state index in [1.807, 2.05) is 20.9 Å². The zero-order chi connectivity index (χ0) is 13.6. The minimum Gasteiger partial charge on any atom is -0.368 e. The van der Waals surface area contributed by atoms with Gasteiger partial charge < -0.3 is 16.0 Å². The predicted octanol–water partition coefficient (Wildman–Crippen LogP) is 1.21. The molecule has 4 nitrogen and oxygen atoms in total. The largest absolute Gasteiger partial charge is 0.368 e. The third-order valence-electron chi connectivity index (χ3n) is 3.24. The number of carbonyl (C=O) groups is 1. The first-order valence-electron chi connectivity index (χ1n) is 6.48. The molecule has 0 radical (unpaired) electrons. The molecule has 0 aliphatic carbocycles. The molecule has 0 aliphatic rings. The molecule has 2 unspecified atom stereocenters. The van der Waals surface area contributed by atoms with Gasteiger partial charge in [0, 0.05) is 12.6 Å². The summed E-state index contributed by atoms with van der Waals surface area (Å²) in [6.07, 6.45) is 1.12. The Morgan fingerprint density at radius 1 is 1.41 bits per heavy atom. The van der Waals surface area contributed by atoms with E-state index in [-0.39, 0.29) is 5.91 Å². The molecule has 0 saturated carbocycles. The Bertz CT molecular complexity index is 243. The van der Waals surface area contributed by atoms with Gasteiger partial charge in [-0.05, 0) is 39.8 Å². The second-order valence-corrected chi connectivity index (χ2v) is 5.62. The van der Waals surface area contributed by atoms with Gasteiger partial charge in [-0.1, -0.05) is 20.8 Å². The van der Waals surface area contributed by atoms with Crippen molar-refractivity contribution in [1.82, 2.24) is 10.2 Å². The lowest BCUT2D eigenvalue weighted by molar-refractivity contribution is -0.124. The van der Waals surface area contributed by atoms with E-state index in [9.17, 15) is 4.79 Å². The quantitative estimate of drug-likeness (QED) is 0.673. The number of amides is 1. The zero-order valence-corrected chi connectivity index (χ0v) is 12.2. The van der Waals surface area contributed by atoms with Gasteiger partial charge in [-0.15, -0.1) is 0 Å². The number of likely N-dealkylation sites (N-methyl/N-ethyl adjacent to an activating group) is 2. The van der Waals surface area contributed by atoms with Gasteiger partial charge >= 0.3 is 0 Å². The van der Waals surface area contributed by atoms with E-state index in [2.05, 4.69) is 31.0 Å². The molecule has 0 aromatic carbocycles. The number of hydrogen-bond acceptors (Lipinski definition) is 3. The number of primary amides is 1. The Labute approximate surface area is 106 Å². The lowest BCUT2D eigenvalue weighted by Crippen LogP contribution is -2.60. The number of carbonyl (C=O) groups excluding carboxylic acids is 1. The predicted molar refractivity (Wildman–Crippen MR) is 72.8 cm³/mol. The summed E-state index contributed by atoms with van der Waals surface area (Å²) in [7, 11) is 2.05. The average Bonchev–Trinajstić information content (AvgIpc) is 2.16. The number of hydrogen-bond donors (Lipinski definition) is 2.